The van der Waals surface area contributed by atoms with Gasteiger partial charge in [-0.2, -0.15) is 0 Å². The van der Waals surface area contributed by atoms with Crippen LogP contribution in [-0.4, -0.2) is 18.5 Å². The summed E-state index contributed by atoms with van der Waals surface area (Å²) in [7, 11) is 1.58. The van der Waals surface area contributed by atoms with Crippen LogP contribution in [0, 0.1) is 12.7 Å². The molecule has 0 saturated carbocycles. The van der Waals surface area contributed by atoms with Crippen molar-refractivity contribution in [2.75, 3.05) is 7.11 Å². The van der Waals surface area contributed by atoms with Crippen LogP contribution in [0.3, 0.4) is 0 Å². The molecule has 0 aliphatic carbocycles. The number of ether oxygens (including phenoxy) is 1. The number of aryl methyl sites for hydroxylation is 1. The number of benzene rings is 1. The Kier molecular flexibility index (Phi) is 4.40. The van der Waals surface area contributed by atoms with Crippen LogP contribution in [0.2, 0.25) is 0 Å². The normalized spacial score (nSPS) is 11.6. The number of methoxy groups -OCH3 is 1. The summed E-state index contributed by atoms with van der Waals surface area (Å²) in [6.07, 6.45) is 0.593. The van der Waals surface area contributed by atoms with Gasteiger partial charge in [-0.3, -0.25) is 4.79 Å². The van der Waals surface area contributed by atoms with Crippen molar-refractivity contribution in [2.45, 2.75) is 39.2 Å². The van der Waals surface area contributed by atoms with Gasteiger partial charge in [-0.25, -0.2) is 4.39 Å². The highest BCUT2D eigenvalue weighted by molar-refractivity contribution is 5.82. The molecule has 2 nitrogen and oxygen atoms in total. The van der Waals surface area contributed by atoms with E-state index in [4.69, 9.17) is 4.74 Å². The van der Waals surface area contributed by atoms with Crippen molar-refractivity contribution in [3.63, 3.8) is 0 Å². The molecule has 0 aliphatic heterocycles. The predicted molar refractivity (Wildman–Crippen MR) is 65.6 cm³/mol. The summed E-state index contributed by atoms with van der Waals surface area (Å²) < 4.78 is 18.3. The van der Waals surface area contributed by atoms with Crippen LogP contribution >= 0.6 is 0 Å². The fraction of sp³-hybridized carbons (Fsp3) is 0.500. The van der Waals surface area contributed by atoms with Crippen molar-refractivity contribution in [2.24, 2.45) is 0 Å². The van der Waals surface area contributed by atoms with Crippen LogP contribution in [0.25, 0.3) is 0 Å². The lowest BCUT2D eigenvalue weighted by atomic mass is 9.95. The zero-order valence-corrected chi connectivity index (χ0v) is 10.8. The number of halogens is 1. The second-order valence-electron chi connectivity index (χ2n) is 4.93. The van der Waals surface area contributed by atoms with Gasteiger partial charge in [0.25, 0.3) is 0 Å². The lowest BCUT2D eigenvalue weighted by molar-refractivity contribution is -0.123. The van der Waals surface area contributed by atoms with Crippen LogP contribution in [-0.2, 0) is 16.0 Å². The van der Waals surface area contributed by atoms with Gasteiger partial charge < -0.3 is 4.74 Å². The van der Waals surface area contributed by atoms with Gasteiger partial charge in [-0.1, -0.05) is 6.07 Å². The van der Waals surface area contributed by atoms with Crippen LogP contribution in [0.15, 0.2) is 18.2 Å². The van der Waals surface area contributed by atoms with E-state index in [0.717, 1.165) is 11.1 Å². The van der Waals surface area contributed by atoms with Crippen LogP contribution in [0.4, 0.5) is 4.39 Å². The molecule has 0 amide bonds. The number of hydrogen-bond acceptors (Lipinski definition) is 2. The fourth-order valence-electron chi connectivity index (χ4n) is 1.65. The number of rotatable bonds is 5. The lowest BCUT2D eigenvalue weighted by Crippen LogP contribution is -2.27. The fourth-order valence-corrected chi connectivity index (χ4v) is 1.65. The third-order valence-electron chi connectivity index (χ3n) is 2.87. The Bertz CT molecular complexity index is 411. The van der Waals surface area contributed by atoms with Gasteiger partial charge in [0, 0.05) is 20.0 Å². The molecule has 0 atom stereocenters. The van der Waals surface area contributed by atoms with E-state index in [1.807, 2.05) is 20.8 Å². The Morgan fingerprint density at radius 3 is 2.65 bits per heavy atom. The van der Waals surface area contributed by atoms with Crippen molar-refractivity contribution in [1.82, 2.24) is 0 Å². The standard InChI is InChI=1S/C14H19FO2/c1-10-5-6-12(15)7-11(10)8-13(16)9-14(2,3)17-4/h5-7H,8-9H2,1-4H3. The zero-order valence-electron chi connectivity index (χ0n) is 10.8. The Hall–Kier alpha value is -1.22. The first-order chi connectivity index (χ1) is 7.84. The molecule has 1 aromatic carbocycles. The molecule has 0 N–H and O–H groups in total. The Labute approximate surface area is 102 Å². The molecule has 17 heavy (non-hydrogen) atoms. The number of carbonyl (C=O) groups excluding carboxylic acids is 1. The van der Waals surface area contributed by atoms with E-state index < -0.39 is 5.60 Å². The van der Waals surface area contributed by atoms with E-state index in [2.05, 4.69) is 0 Å². The van der Waals surface area contributed by atoms with E-state index in [-0.39, 0.29) is 18.0 Å². The highest BCUT2D eigenvalue weighted by Crippen LogP contribution is 2.17. The molecule has 0 fully saturated rings. The Morgan fingerprint density at radius 2 is 2.06 bits per heavy atom. The zero-order chi connectivity index (χ0) is 13.1. The third-order valence-corrected chi connectivity index (χ3v) is 2.87. The molecule has 0 aliphatic rings. The number of Topliss-reactive ketones (excluding diaryl/α,β-unsaturated/α-hetero) is 1. The molecule has 1 aromatic rings. The molecule has 0 saturated heterocycles. The first-order valence-corrected chi connectivity index (χ1v) is 5.66. The predicted octanol–water partition coefficient (Wildman–Crippen LogP) is 3.06. The summed E-state index contributed by atoms with van der Waals surface area (Å²) in [6, 6.07) is 4.52. The Balaban J connectivity index is 2.71. The lowest BCUT2D eigenvalue weighted by Gasteiger charge is -2.21. The van der Waals surface area contributed by atoms with Gasteiger partial charge >= 0.3 is 0 Å². The highest BCUT2D eigenvalue weighted by atomic mass is 19.1. The quantitative estimate of drug-likeness (QED) is 0.788. The molecule has 0 unspecified atom stereocenters. The molecule has 3 heteroatoms. The monoisotopic (exact) mass is 238 g/mol. The maximum atomic E-state index is 13.1. The minimum Gasteiger partial charge on any atom is -0.378 e. The van der Waals surface area contributed by atoms with Crippen molar-refractivity contribution in [3.8, 4) is 0 Å². The molecular weight excluding hydrogens is 219 g/mol. The minimum absolute atomic E-state index is 0.0607. The first-order valence-electron chi connectivity index (χ1n) is 5.66. The van der Waals surface area contributed by atoms with Crippen molar-refractivity contribution in [1.29, 1.82) is 0 Å². The summed E-state index contributed by atoms with van der Waals surface area (Å²) in [6.45, 7) is 5.61. The second-order valence-corrected chi connectivity index (χ2v) is 4.93. The molecule has 0 radical (unpaired) electrons. The number of carbonyl (C=O) groups is 1. The van der Waals surface area contributed by atoms with Gasteiger partial charge in [-0.15, -0.1) is 0 Å². The molecule has 0 heterocycles. The summed E-state index contributed by atoms with van der Waals surface area (Å²) in [4.78, 5) is 11.8. The molecule has 0 bridgehead atoms. The summed E-state index contributed by atoms with van der Waals surface area (Å²) in [5.41, 5.74) is 1.23. The van der Waals surface area contributed by atoms with Crippen LogP contribution in [0.5, 0.6) is 0 Å². The van der Waals surface area contributed by atoms with E-state index in [1.54, 1.807) is 13.2 Å². The average molecular weight is 238 g/mol. The van der Waals surface area contributed by atoms with E-state index in [9.17, 15) is 9.18 Å². The van der Waals surface area contributed by atoms with Crippen LogP contribution in [0.1, 0.15) is 31.4 Å². The molecule has 0 aromatic heterocycles. The van der Waals surface area contributed by atoms with E-state index in [1.165, 1.54) is 12.1 Å². The minimum atomic E-state index is -0.460. The van der Waals surface area contributed by atoms with Crippen molar-refractivity contribution in [3.05, 3.63) is 35.1 Å². The van der Waals surface area contributed by atoms with E-state index >= 15 is 0 Å². The largest absolute Gasteiger partial charge is 0.378 e. The summed E-state index contributed by atoms with van der Waals surface area (Å²) in [5, 5.41) is 0. The van der Waals surface area contributed by atoms with Crippen molar-refractivity contribution < 1.29 is 13.9 Å². The third kappa shape index (κ3) is 4.27. The highest BCUT2D eigenvalue weighted by Gasteiger charge is 2.21. The number of ketones is 1. The smallest absolute Gasteiger partial charge is 0.140 e. The van der Waals surface area contributed by atoms with Gasteiger partial charge in [0.15, 0.2) is 0 Å². The van der Waals surface area contributed by atoms with Gasteiger partial charge in [-0.05, 0) is 44.0 Å². The molecule has 94 valence electrons. The van der Waals surface area contributed by atoms with Gasteiger partial charge in [0.05, 0.1) is 5.60 Å². The molecular formula is C14H19FO2. The Morgan fingerprint density at radius 1 is 1.41 bits per heavy atom. The molecule has 0 spiro atoms. The first kappa shape index (κ1) is 13.8. The summed E-state index contributed by atoms with van der Waals surface area (Å²) >= 11 is 0. The van der Waals surface area contributed by atoms with Crippen molar-refractivity contribution >= 4 is 5.78 Å². The van der Waals surface area contributed by atoms with Gasteiger partial charge in [0.2, 0.25) is 0 Å². The topological polar surface area (TPSA) is 26.3 Å². The maximum Gasteiger partial charge on any atom is 0.140 e. The maximum absolute atomic E-state index is 13.1. The second kappa shape index (κ2) is 5.41. The van der Waals surface area contributed by atoms with E-state index in [0.29, 0.717) is 6.42 Å². The average Bonchev–Trinajstić information content (AvgIpc) is 2.23. The summed E-state index contributed by atoms with van der Waals surface area (Å²) in [5.74, 6) is -0.241. The molecule has 1 rings (SSSR count). The SMILES string of the molecule is COC(C)(C)CC(=O)Cc1cc(F)ccc1C. The van der Waals surface area contributed by atoms with Crippen LogP contribution < -0.4 is 0 Å². The van der Waals surface area contributed by atoms with Gasteiger partial charge in [0.1, 0.15) is 11.6 Å². The number of hydrogen-bond donors (Lipinski definition) is 0.